The normalized spacial score (nSPS) is 13.7. The minimum atomic E-state index is -4.18. The number of ether oxygens (including phenoxy) is 1. The zero-order chi connectivity index (χ0) is 16.6. The SMILES string of the molecule is O=C1COc2ccc(NS(=O)(=O)c3cc(F)cc(F)c3)cc2N1. The zero-order valence-corrected chi connectivity index (χ0v) is 12.3. The topological polar surface area (TPSA) is 84.5 Å². The molecule has 1 amide bonds. The molecule has 0 fully saturated rings. The van der Waals surface area contributed by atoms with E-state index in [4.69, 9.17) is 4.74 Å². The van der Waals surface area contributed by atoms with Crippen LogP contribution in [-0.2, 0) is 14.8 Å². The summed E-state index contributed by atoms with van der Waals surface area (Å²) in [6.07, 6.45) is 0. The maximum absolute atomic E-state index is 13.2. The molecule has 0 saturated heterocycles. The van der Waals surface area contributed by atoms with Crippen LogP contribution < -0.4 is 14.8 Å². The van der Waals surface area contributed by atoms with Crippen LogP contribution in [0.15, 0.2) is 41.3 Å². The number of anilines is 2. The number of benzene rings is 2. The van der Waals surface area contributed by atoms with Crippen molar-refractivity contribution in [2.24, 2.45) is 0 Å². The number of carbonyl (C=O) groups is 1. The fourth-order valence-corrected chi connectivity index (χ4v) is 3.13. The molecule has 120 valence electrons. The Morgan fingerprint density at radius 1 is 1.09 bits per heavy atom. The average molecular weight is 340 g/mol. The van der Waals surface area contributed by atoms with Crippen LogP contribution in [0.25, 0.3) is 0 Å². The third-order valence-corrected chi connectivity index (χ3v) is 4.37. The van der Waals surface area contributed by atoms with Crippen LogP contribution in [0.1, 0.15) is 0 Å². The Bertz CT molecular complexity index is 879. The number of sulfonamides is 1. The number of hydrogen-bond donors (Lipinski definition) is 2. The van der Waals surface area contributed by atoms with Gasteiger partial charge in [0.1, 0.15) is 17.4 Å². The van der Waals surface area contributed by atoms with E-state index in [-0.39, 0.29) is 18.2 Å². The van der Waals surface area contributed by atoms with Gasteiger partial charge in [0, 0.05) is 6.07 Å². The van der Waals surface area contributed by atoms with Gasteiger partial charge < -0.3 is 10.1 Å². The third kappa shape index (κ3) is 3.24. The van der Waals surface area contributed by atoms with Gasteiger partial charge in [0.05, 0.1) is 16.3 Å². The number of nitrogens with one attached hydrogen (secondary N) is 2. The quantitative estimate of drug-likeness (QED) is 0.896. The smallest absolute Gasteiger partial charge is 0.262 e. The number of hydrogen-bond acceptors (Lipinski definition) is 4. The molecule has 0 saturated carbocycles. The van der Waals surface area contributed by atoms with Crippen molar-refractivity contribution in [1.82, 2.24) is 0 Å². The Kier molecular flexibility index (Phi) is 3.64. The summed E-state index contributed by atoms with van der Waals surface area (Å²) in [4.78, 5) is 10.7. The minimum Gasteiger partial charge on any atom is -0.482 e. The lowest BCUT2D eigenvalue weighted by Crippen LogP contribution is -2.25. The highest BCUT2D eigenvalue weighted by atomic mass is 32.2. The van der Waals surface area contributed by atoms with Gasteiger partial charge in [-0.05, 0) is 30.3 Å². The molecule has 0 aromatic heterocycles. The van der Waals surface area contributed by atoms with Crippen molar-refractivity contribution in [3.63, 3.8) is 0 Å². The predicted octanol–water partition coefficient (Wildman–Crippen LogP) is 2.10. The summed E-state index contributed by atoms with van der Waals surface area (Å²) in [6, 6.07) is 6.20. The summed E-state index contributed by atoms with van der Waals surface area (Å²) in [6.45, 7) is -0.124. The minimum absolute atomic E-state index is 0.110. The molecule has 0 aliphatic carbocycles. The third-order valence-electron chi connectivity index (χ3n) is 3.01. The van der Waals surface area contributed by atoms with Gasteiger partial charge in [0.15, 0.2) is 6.61 Å². The van der Waals surface area contributed by atoms with Gasteiger partial charge in [-0.25, -0.2) is 17.2 Å². The van der Waals surface area contributed by atoms with Crippen molar-refractivity contribution in [2.45, 2.75) is 4.90 Å². The van der Waals surface area contributed by atoms with E-state index in [0.29, 0.717) is 29.6 Å². The van der Waals surface area contributed by atoms with E-state index in [1.807, 2.05) is 0 Å². The number of carbonyl (C=O) groups excluding carboxylic acids is 1. The first-order valence-electron chi connectivity index (χ1n) is 6.39. The maximum Gasteiger partial charge on any atom is 0.262 e. The summed E-state index contributed by atoms with van der Waals surface area (Å²) in [5.41, 5.74) is 0.408. The van der Waals surface area contributed by atoms with Crippen molar-refractivity contribution in [3.8, 4) is 5.75 Å². The van der Waals surface area contributed by atoms with E-state index >= 15 is 0 Å². The Balaban J connectivity index is 1.91. The summed E-state index contributed by atoms with van der Waals surface area (Å²) in [5.74, 6) is -1.98. The van der Waals surface area contributed by atoms with Crippen molar-refractivity contribution in [1.29, 1.82) is 0 Å². The molecule has 0 bridgehead atoms. The molecule has 1 aliphatic heterocycles. The van der Waals surface area contributed by atoms with Gasteiger partial charge >= 0.3 is 0 Å². The van der Waals surface area contributed by atoms with Crippen LogP contribution in [-0.4, -0.2) is 20.9 Å². The van der Waals surface area contributed by atoms with E-state index in [0.717, 1.165) is 0 Å². The van der Waals surface area contributed by atoms with Crippen LogP contribution >= 0.6 is 0 Å². The van der Waals surface area contributed by atoms with Crippen LogP contribution in [0.5, 0.6) is 5.75 Å². The summed E-state index contributed by atoms with van der Waals surface area (Å²) in [5, 5.41) is 2.53. The highest BCUT2D eigenvalue weighted by Gasteiger charge is 2.20. The van der Waals surface area contributed by atoms with Crippen molar-refractivity contribution >= 4 is 27.3 Å². The lowest BCUT2D eigenvalue weighted by molar-refractivity contribution is -0.118. The van der Waals surface area contributed by atoms with Gasteiger partial charge in [0.2, 0.25) is 0 Å². The molecule has 0 spiro atoms. The second-order valence-corrected chi connectivity index (χ2v) is 6.44. The standard InChI is InChI=1S/C14H10F2N2O4S/c15-8-3-9(16)5-11(4-8)23(20,21)18-10-1-2-13-12(6-10)17-14(19)7-22-13/h1-6,18H,7H2,(H,17,19). The largest absolute Gasteiger partial charge is 0.482 e. The molecule has 23 heavy (non-hydrogen) atoms. The first kappa shape index (κ1) is 15.2. The van der Waals surface area contributed by atoms with Gasteiger partial charge in [-0.15, -0.1) is 0 Å². The fraction of sp³-hybridized carbons (Fsp3) is 0.0714. The molecule has 1 aliphatic rings. The molecular weight excluding hydrogens is 330 g/mol. The Morgan fingerprint density at radius 2 is 1.78 bits per heavy atom. The molecular formula is C14H10F2N2O4S. The highest BCUT2D eigenvalue weighted by molar-refractivity contribution is 7.92. The van der Waals surface area contributed by atoms with Gasteiger partial charge in [-0.1, -0.05) is 0 Å². The van der Waals surface area contributed by atoms with Crippen molar-refractivity contribution in [2.75, 3.05) is 16.6 Å². The Hall–Kier alpha value is -2.68. The molecule has 6 nitrogen and oxygen atoms in total. The van der Waals surface area contributed by atoms with Crippen LogP contribution in [0.4, 0.5) is 20.2 Å². The number of rotatable bonds is 3. The lowest BCUT2D eigenvalue weighted by Gasteiger charge is -2.18. The van der Waals surface area contributed by atoms with Crippen LogP contribution in [0.2, 0.25) is 0 Å². The number of amides is 1. The second-order valence-electron chi connectivity index (χ2n) is 4.76. The van der Waals surface area contributed by atoms with Gasteiger partial charge in [-0.3, -0.25) is 9.52 Å². The van der Waals surface area contributed by atoms with Crippen molar-refractivity contribution < 1.29 is 26.7 Å². The van der Waals surface area contributed by atoms with Crippen LogP contribution in [0, 0.1) is 11.6 Å². The molecule has 9 heteroatoms. The first-order chi connectivity index (χ1) is 10.8. The Labute approximate surface area is 130 Å². The summed E-state index contributed by atoms with van der Waals surface area (Å²) >= 11 is 0. The number of fused-ring (bicyclic) bond motifs is 1. The van der Waals surface area contributed by atoms with Crippen molar-refractivity contribution in [3.05, 3.63) is 48.0 Å². The highest BCUT2D eigenvalue weighted by Crippen LogP contribution is 2.31. The molecule has 0 unspecified atom stereocenters. The van der Waals surface area contributed by atoms with E-state index in [1.54, 1.807) is 0 Å². The summed E-state index contributed by atoms with van der Waals surface area (Å²) < 4.78 is 58.0. The lowest BCUT2D eigenvalue weighted by atomic mass is 10.2. The first-order valence-corrected chi connectivity index (χ1v) is 7.87. The maximum atomic E-state index is 13.2. The Morgan fingerprint density at radius 3 is 2.48 bits per heavy atom. The van der Waals surface area contributed by atoms with E-state index in [9.17, 15) is 22.0 Å². The van der Waals surface area contributed by atoms with Gasteiger partial charge in [-0.2, -0.15) is 0 Å². The van der Waals surface area contributed by atoms with E-state index in [1.165, 1.54) is 18.2 Å². The molecule has 0 atom stereocenters. The van der Waals surface area contributed by atoms with Gasteiger partial charge in [0.25, 0.3) is 15.9 Å². The summed E-state index contributed by atoms with van der Waals surface area (Å²) in [7, 11) is -4.18. The molecule has 3 rings (SSSR count). The molecule has 2 N–H and O–H groups in total. The van der Waals surface area contributed by atoms with Crippen LogP contribution in [0.3, 0.4) is 0 Å². The molecule has 2 aromatic rings. The second kappa shape index (κ2) is 5.51. The zero-order valence-electron chi connectivity index (χ0n) is 11.5. The molecule has 0 radical (unpaired) electrons. The van der Waals surface area contributed by atoms with E-state index < -0.39 is 26.6 Å². The van der Waals surface area contributed by atoms with E-state index in [2.05, 4.69) is 10.0 Å². The average Bonchev–Trinajstić information content (AvgIpc) is 2.45. The fourth-order valence-electron chi connectivity index (χ4n) is 2.04. The predicted molar refractivity (Wildman–Crippen MR) is 77.7 cm³/mol. The monoisotopic (exact) mass is 340 g/mol. The molecule has 2 aromatic carbocycles. The number of halogens is 2. The molecule has 1 heterocycles.